The van der Waals surface area contributed by atoms with Gasteiger partial charge in [0.25, 0.3) is 0 Å². The van der Waals surface area contributed by atoms with Crippen LogP contribution < -0.4 is 0 Å². The zero-order chi connectivity index (χ0) is 7.98. The highest BCUT2D eigenvalue weighted by molar-refractivity contribution is 5.56. The van der Waals surface area contributed by atoms with Gasteiger partial charge < -0.3 is 4.74 Å². The summed E-state index contributed by atoms with van der Waals surface area (Å²) in [5.74, 6) is 0. The smallest absolute Gasteiger partial charge is 0.428 e. The Morgan fingerprint density at radius 3 is 2.60 bits per heavy atom. The van der Waals surface area contributed by atoms with Crippen molar-refractivity contribution in [1.29, 1.82) is 0 Å². The molecule has 0 aliphatic carbocycles. The SMILES string of the molecule is CC/C(C)=C/COC([O])=O. The van der Waals surface area contributed by atoms with Gasteiger partial charge in [0.15, 0.2) is 0 Å². The summed E-state index contributed by atoms with van der Waals surface area (Å²) in [6.45, 7) is 4.01. The minimum absolute atomic E-state index is 0.0992. The summed E-state index contributed by atoms with van der Waals surface area (Å²) in [5.41, 5.74) is 1.11. The van der Waals surface area contributed by atoms with E-state index in [1.54, 1.807) is 6.08 Å². The van der Waals surface area contributed by atoms with Crippen molar-refractivity contribution in [2.24, 2.45) is 0 Å². The van der Waals surface area contributed by atoms with Gasteiger partial charge in [0, 0.05) is 0 Å². The summed E-state index contributed by atoms with van der Waals surface area (Å²) in [6.07, 6.45) is 1.16. The summed E-state index contributed by atoms with van der Waals surface area (Å²) in [6, 6.07) is 0. The minimum Gasteiger partial charge on any atom is -0.428 e. The van der Waals surface area contributed by atoms with Crippen LogP contribution in [0.1, 0.15) is 20.3 Å². The fourth-order valence-corrected chi connectivity index (χ4v) is 0.396. The second-order valence-corrected chi connectivity index (χ2v) is 1.97. The van der Waals surface area contributed by atoms with E-state index in [1.807, 2.05) is 13.8 Å². The Morgan fingerprint density at radius 2 is 2.20 bits per heavy atom. The number of hydrogen-bond donors (Lipinski definition) is 0. The van der Waals surface area contributed by atoms with Crippen molar-refractivity contribution in [3.8, 4) is 0 Å². The van der Waals surface area contributed by atoms with Gasteiger partial charge in [-0.05, 0) is 19.4 Å². The Morgan fingerprint density at radius 1 is 1.60 bits per heavy atom. The monoisotopic (exact) mass is 143 g/mol. The first-order valence-electron chi connectivity index (χ1n) is 3.16. The normalized spacial score (nSPS) is 11.2. The molecule has 0 spiro atoms. The Kier molecular flexibility index (Phi) is 4.37. The summed E-state index contributed by atoms with van der Waals surface area (Å²) in [4.78, 5) is 9.71. The van der Waals surface area contributed by atoms with E-state index in [-0.39, 0.29) is 6.61 Å². The lowest BCUT2D eigenvalue weighted by molar-refractivity contribution is 0.0768. The highest BCUT2D eigenvalue weighted by atomic mass is 16.7. The van der Waals surface area contributed by atoms with E-state index < -0.39 is 6.16 Å². The molecule has 0 fully saturated rings. The van der Waals surface area contributed by atoms with Crippen LogP contribution in [-0.4, -0.2) is 12.8 Å². The molecule has 10 heavy (non-hydrogen) atoms. The van der Waals surface area contributed by atoms with Crippen LogP contribution in [0.25, 0.3) is 0 Å². The van der Waals surface area contributed by atoms with Crippen molar-refractivity contribution in [2.75, 3.05) is 6.61 Å². The topological polar surface area (TPSA) is 46.2 Å². The molecule has 3 heteroatoms. The first-order valence-corrected chi connectivity index (χ1v) is 3.16. The van der Waals surface area contributed by atoms with Crippen LogP contribution in [0, 0.1) is 0 Å². The molecule has 3 nitrogen and oxygen atoms in total. The first kappa shape index (κ1) is 9.01. The van der Waals surface area contributed by atoms with Gasteiger partial charge in [0.2, 0.25) is 0 Å². The standard InChI is InChI=1S/C7H11O3/c1-3-6(2)4-5-10-7(8)9/h4H,3,5H2,1-2H3/b6-4+. The van der Waals surface area contributed by atoms with Gasteiger partial charge in [0.1, 0.15) is 6.61 Å². The molecule has 0 aromatic carbocycles. The number of rotatable bonds is 3. The van der Waals surface area contributed by atoms with Gasteiger partial charge in [-0.15, -0.1) is 0 Å². The lowest BCUT2D eigenvalue weighted by atomic mass is 10.2. The van der Waals surface area contributed by atoms with E-state index in [4.69, 9.17) is 0 Å². The predicted octanol–water partition coefficient (Wildman–Crippen LogP) is 1.91. The van der Waals surface area contributed by atoms with Crippen LogP contribution in [-0.2, 0) is 9.84 Å². The highest BCUT2D eigenvalue weighted by Gasteiger charge is 1.94. The summed E-state index contributed by atoms with van der Waals surface area (Å²) < 4.78 is 4.14. The Labute approximate surface area is 60.3 Å². The Bertz CT molecular complexity index is 138. The number of carbonyl (C=O) groups is 1. The molecule has 0 rings (SSSR count). The second kappa shape index (κ2) is 4.85. The number of ether oxygens (including phenoxy) is 1. The van der Waals surface area contributed by atoms with E-state index in [0.29, 0.717) is 0 Å². The maximum atomic E-state index is 9.71. The third-order valence-corrected chi connectivity index (χ3v) is 1.19. The van der Waals surface area contributed by atoms with E-state index in [1.165, 1.54) is 0 Å². The fraction of sp³-hybridized carbons (Fsp3) is 0.571. The third kappa shape index (κ3) is 5.15. The molecule has 0 N–H and O–H groups in total. The van der Waals surface area contributed by atoms with Crippen LogP contribution in [0.2, 0.25) is 0 Å². The Hall–Kier alpha value is -0.990. The molecule has 0 saturated carbocycles. The van der Waals surface area contributed by atoms with Crippen molar-refractivity contribution in [2.45, 2.75) is 20.3 Å². The fourth-order valence-electron chi connectivity index (χ4n) is 0.396. The van der Waals surface area contributed by atoms with E-state index in [2.05, 4.69) is 4.74 Å². The van der Waals surface area contributed by atoms with Crippen molar-refractivity contribution in [1.82, 2.24) is 0 Å². The van der Waals surface area contributed by atoms with Gasteiger partial charge >= 0.3 is 6.16 Å². The average Bonchev–Trinajstić information content (AvgIpc) is 1.87. The molecular formula is C7H11O3. The lowest BCUT2D eigenvalue weighted by Crippen LogP contribution is -1.97. The predicted molar refractivity (Wildman–Crippen MR) is 36.1 cm³/mol. The van der Waals surface area contributed by atoms with Crippen LogP contribution in [0.5, 0.6) is 0 Å². The van der Waals surface area contributed by atoms with Gasteiger partial charge in [-0.1, -0.05) is 12.5 Å². The van der Waals surface area contributed by atoms with Crippen molar-refractivity contribution in [3.05, 3.63) is 11.6 Å². The molecule has 57 valence electrons. The maximum Gasteiger partial charge on any atom is 0.550 e. The maximum absolute atomic E-state index is 9.71. The molecule has 0 aliphatic rings. The van der Waals surface area contributed by atoms with Gasteiger partial charge in [-0.2, -0.15) is 9.90 Å². The third-order valence-electron chi connectivity index (χ3n) is 1.19. The molecule has 0 heterocycles. The molecule has 0 unspecified atom stereocenters. The zero-order valence-corrected chi connectivity index (χ0v) is 6.22. The van der Waals surface area contributed by atoms with Gasteiger partial charge in [0.05, 0.1) is 0 Å². The lowest BCUT2D eigenvalue weighted by Gasteiger charge is -1.94. The summed E-state index contributed by atoms with van der Waals surface area (Å²) in [7, 11) is 0. The van der Waals surface area contributed by atoms with E-state index in [9.17, 15) is 9.90 Å². The van der Waals surface area contributed by atoms with Crippen LogP contribution in [0.15, 0.2) is 11.6 Å². The number of hydrogen-bond acceptors (Lipinski definition) is 2. The van der Waals surface area contributed by atoms with Crippen molar-refractivity contribution < 1.29 is 14.6 Å². The zero-order valence-electron chi connectivity index (χ0n) is 6.22. The summed E-state index contributed by atoms with van der Waals surface area (Å²) in [5, 5.41) is 9.71. The molecule has 0 aromatic heterocycles. The quantitative estimate of drug-likeness (QED) is 0.447. The second-order valence-electron chi connectivity index (χ2n) is 1.97. The van der Waals surface area contributed by atoms with Gasteiger partial charge in [-0.3, -0.25) is 0 Å². The molecule has 0 bridgehead atoms. The Balaban J connectivity index is 3.43. The van der Waals surface area contributed by atoms with Crippen molar-refractivity contribution in [3.63, 3.8) is 0 Å². The van der Waals surface area contributed by atoms with Crippen LogP contribution in [0.3, 0.4) is 0 Å². The molecule has 0 aliphatic heterocycles. The average molecular weight is 143 g/mol. The summed E-state index contributed by atoms with van der Waals surface area (Å²) >= 11 is 0. The first-order chi connectivity index (χ1) is 4.66. The molecule has 0 amide bonds. The number of allylic oxidation sites excluding steroid dienone is 1. The molecule has 0 aromatic rings. The van der Waals surface area contributed by atoms with E-state index >= 15 is 0 Å². The molecule has 0 saturated heterocycles. The number of carbonyl (C=O) groups excluding carboxylic acids is 1. The molecule has 1 radical (unpaired) electrons. The van der Waals surface area contributed by atoms with E-state index in [0.717, 1.165) is 12.0 Å². The van der Waals surface area contributed by atoms with Gasteiger partial charge in [-0.25, -0.2) is 0 Å². The highest BCUT2D eigenvalue weighted by Crippen LogP contribution is 1.96. The molecular weight excluding hydrogens is 132 g/mol. The van der Waals surface area contributed by atoms with Crippen LogP contribution in [0.4, 0.5) is 4.79 Å². The van der Waals surface area contributed by atoms with Crippen molar-refractivity contribution >= 4 is 6.16 Å². The molecule has 0 atom stereocenters. The minimum atomic E-state index is -1.47. The van der Waals surface area contributed by atoms with Crippen LogP contribution >= 0.6 is 0 Å². The largest absolute Gasteiger partial charge is 0.550 e.